The van der Waals surface area contributed by atoms with Gasteiger partial charge in [-0.15, -0.1) is 5.10 Å². The first-order valence-corrected chi connectivity index (χ1v) is 11.5. The Hall–Kier alpha value is -2.89. The molecule has 0 spiro atoms. The van der Waals surface area contributed by atoms with Gasteiger partial charge >= 0.3 is 0 Å². The van der Waals surface area contributed by atoms with Crippen LogP contribution in [0.5, 0.6) is 0 Å². The van der Waals surface area contributed by atoms with Crippen molar-refractivity contribution in [1.29, 1.82) is 0 Å². The van der Waals surface area contributed by atoms with Crippen molar-refractivity contribution in [3.8, 4) is 0 Å². The first-order valence-electron chi connectivity index (χ1n) is 9.64. The predicted octanol–water partition coefficient (Wildman–Crippen LogP) is 1.68. The number of amides is 1. The van der Waals surface area contributed by atoms with Crippen molar-refractivity contribution in [2.75, 3.05) is 19.6 Å². The monoisotopic (exact) mass is 478 g/mol. The van der Waals surface area contributed by atoms with Crippen LogP contribution in [0.15, 0.2) is 47.8 Å². The fourth-order valence-corrected chi connectivity index (χ4v) is 5.47. The Labute approximate surface area is 189 Å². The smallest absolute Gasteiger partial charge is 0.264 e. The second-order valence-electron chi connectivity index (χ2n) is 7.73. The fourth-order valence-electron chi connectivity index (χ4n) is 3.65. The summed E-state index contributed by atoms with van der Waals surface area (Å²) in [6.07, 6.45) is 2.58. The van der Waals surface area contributed by atoms with E-state index in [1.165, 1.54) is 25.4 Å². The molecule has 1 N–H and O–H groups in total. The van der Waals surface area contributed by atoms with Gasteiger partial charge < -0.3 is 5.32 Å². The summed E-state index contributed by atoms with van der Waals surface area (Å²) < 4.78 is 41.5. The maximum Gasteiger partial charge on any atom is 0.264 e. The Balaban J connectivity index is 1.59. The minimum absolute atomic E-state index is 0.0313. The first kappa shape index (κ1) is 22.3. The zero-order valence-electron chi connectivity index (χ0n) is 17.3. The standard InChI is InChI=1S/C20H20ClFN6O3S/c1-13-5-6-14(15(21)8-13)19(29)24-10-20(18-16(22)4-3-7-23-18)11-28(12-20)32(30,31)17-9-25-27(2)26-17/h3-9H,10-12H2,1-2H3,(H,24,29). The SMILES string of the molecule is Cc1ccc(C(=O)NCC2(c3ncccc3F)CN(S(=O)(=O)c3cnn(C)n3)C2)c(Cl)c1. The fraction of sp³-hybridized carbons (Fsp3) is 0.300. The molecule has 0 radical (unpaired) electrons. The number of aryl methyl sites for hydroxylation is 2. The summed E-state index contributed by atoms with van der Waals surface area (Å²) in [5.41, 5.74) is 0.216. The van der Waals surface area contributed by atoms with E-state index >= 15 is 0 Å². The van der Waals surface area contributed by atoms with Crippen LogP contribution in [0, 0.1) is 12.7 Å². The molecule has 2 aromatic heterocycles. The molecule has 9 nitrogen and oxygen atoms in total. The van der Waals surface area contributed by atoms with Crippen LogP contribution in [0.4, 0.5) is 4.39 Å². The molecule has 4 rings (SSSR count). The number of carbonyl (C=O) groups excluding carboxylic acids is 1. The molecule has 0 unspecified atom stereocenters. The van der Waals surface area contributed by atoms with Gasteiger partial charge in [-0.25, -0.2) is 12.8 Å². The van der Waals surface area contributed by atoms with Crippen molar-refractivity contribution < 1.29 is 17.6 Å². The molecule has 168 valence electrons. The van der Waals surface area contributed by atoms with Gasteiger partial charge in [-0.2, -0.15) is 14.2 Å². The lowest BCUT2D eigenvalue weighted by atomic mass is 9.77. The molecule has 0 aliphatic carbocycles. The summed E-state index contributed by atoms with van der Waals surface area (Å²) in [6.45, 7) is 1.66. The first-order chi connectivity index (χ1) is 15.1. The molecule has 3 aromatic rings. The van der Waals surface area contributed by atoms with E-state index < -0.39 is 27.2 Å². The highest BCUT2D eigenvalue weighted by Gasteiger charge is 2.52. The highest BCUT2D eigenvalue weighted by atomic mass is 35.5. The summed E-state index contributed by atoms with van der Waals surface area (Å²) in [7, 11) is -2.41. The minimum Gasteiger partial charge on any atom is -0.351 e. The highest BCUT2D eigenvalue weighted by molar-refractivity contribution is 7.89. The minimum atomic E-state index is -3.92. The number of hydrogen-bond acceptors (Lipinski definition) is 6. The Morgan fingerprint density at radius 1 is 1.31 bits per heavy atom. The molecule has 1 aliphatic rings. The van der Waals surface area contributed by atoms with Crippen LogP contribution in [-0.2, 0) is 22.5 Å². The van der Waals surface area contributed by atoms with E-state index in [0.717, 1.165) is 20.9 Å². The molecule has 0 saturated carbocycles. The van der Waals surface area contributed by atoms with Crippen molar-refractivity contribution in [1.82, 2.24) is 29.6 Å². The van der Waals surface area contributed by atoms with E-state index in [1.54, 1.807) is 18.2 Å². The number of sulfonamides is 1. The van der Waals surface area contributed by atoms with Crippen LogP contribution in [0.3, 0.4) is 0 Å². The molecule has 0 bridgehead atoms. The lowest BCUT2D eigenvalue weighted by molar-refractivity contribution is 0.0895. The van der Waals surface area contributed by atoms with Crippen LogP contribution in [-0.4, -0.2) is 58.2 Å². The molecule has 1 amide bonds. The molecule has 1 saturated heterocycles. The van der Waals surface area contributed by atoms with E-state index in [4.69, 9.17) is 11.6 Å². The number of pyridine rings is 1. The maximum absolute atomic E-state index is 14.6. The zero-order valence-corrected chi connectivity index (χ0v) is 18.9. The maximum atomic E-state index is 14.6. The van der Waals surface area contributed by atoms with Gasteiger partial charge in [0.05, 0.1) is 27.9 Å². The van der Waals surface area contributed by atoms with Gasteiger partial charge in [0.15, 0.2) is 0 Å². The quantitative estimate of drug-likeness (QED) is 0.577. The largest absolute Gasteiger partial charge is 0.351 e. The van der Waals surface area contributed by atoms with Gasteiger partial charge in [-0.1, -0.05) is 17.7 Å². The number of nitrogens with zero attached hydrogens (tertiary/aromatic N) is 5. The summed E-state index contributed by atoms with van der Waals surface area (Å²) >= 11 is 6.18. The van der Waals surface area contributed by atoms with Crippen LogP contribution >= 0.6 is 11.6 Å². The number of aromatic nitrogens is 4. The number of rotatable bonds is 6. The Kier molecular flexibility index (Phi) is 5.74. The number of hydrogen-bond donors (Lipinski definition) is 1. The van der Waals surface area contributed by atoms with E-state index in [2.05, 4.69) is 20.5 Å². The number of halogens is 2. The molecule has 1 aliphatic heterocycles. The Morgan fingerprint density at radius 2 is 2.06 bits per heavy atom. The van der Waals surface area contributed by atoms with Gasteiger partial charge in [0.25, 0.3) is 15.9 Å². The van der Waals surface area contributed by atoms with Gasteiger partial charge in [0, 0.05) is 32.9 Å². The molecule has 3 heterocycles. The van der Waals surface area contributed by atoms with Gasteiger partial charge in [0.1, 0.15) is 5.82 Å². The molecular weight excluding hydrogens is 459 g/mol. The Bertz CT molecular complexity index is 1290. The van der Waals surface area contributed by atoms with E-state index in [9.17, 15) is 17.6 Å². The van der Waals surface area contributed by atoms with Gasteiger partial charge in [-0.05, 0) is 36.8 Å². The highest BCUT2D eigenvalue weighted by Crippen LogP contribution is 2.37. The third-order valence-electron chi connectivity index (χ3n) is 5.36. The lowest BCUT2D eigenvalue weighted by Crippen LogP contribution is -2.65. The topological polar surface area (TPSA) is 110 Å². The summed E-state index contributed by atoms with van der Waals surface area (Å²) in [6, 6.07) is 7.73. The Morgan fingerprint density at radius 3 is 2.69 bits per heavy atom. The van der Waals surface area contributed by atoms with Crippen molar-refractivity contribution >= 4 is 27.5 Å². The molecule has 1 aromatic carbocycles. The van der Waals surface area contributed by atoms with Crippen LogP contribution in [0.1, 0.15) is 21.6 Å². The average Bonchev–Trinajstić information content (AvgIpc) is 3.15. The number of benzene rings is 1. The summed E-state index contributed by atoms with van der Waals surface area (Å²) in [5, 5.41) is 10.5. The van der Waals surface area contributed by atoms with Crippen LogP contribution in [0.2, 0.25) is 5.02 Å². The summed E-state index contributed by atoms with van der Waals surface area (Å²) in [5.74, 6) is -1.02. The van der Waals surface area contributed by atoms with E-state index in [1.807, 2.05) is 6.92 Å². The van der Waals surface area contributed by atoms with Gasteiger partial charge in [-0.3, -0.25) is 9.78 Å². The van der Waals surface area contributed by atoms with E-state index in [0.29, 0.717) is 5.02 Å². The molecular formula is C20H20ClFN6O3S. The van der Waals surface area contributed by atoms with Crippen LogP contribution < -0.4 is 5.32 Å². The average molecular weight is 479 g/mol. The molecule has 12 heteroatoms. The van der Waals surface area contributed by atoms with Crippen molar-refractivity contribution in [3.63, 3.8) is 0 Å². The predicted molar refractivity (Wildman–Crippen MR) is 114 cm³/mol. The summed E-state index contributed by atoms with van der Waals surface area (Å²) in [4.78, 5) is 18.0. The molecule has 32 heavy (non-hydrogen) atoms. The number of carbonyl (C=O) groups is 1. The van der Waals surface area contributed by atoms with E-state index in [-0.39, 0.29) is 35.9 Å². The van der Waals surface area contributed by atoms with Crippen molar-refractivity contribution in [3.05, 3.63) is 70.4 Å². The van der Waals surface area contributed by atoms with Crippen LogP contribution in [0.25, 0.3) is 0 Å². The zero-order chi connectivity index (χ0) is 23.1. The molecule has 0 atom stereocenters. The lowest BCUT2D eigenvalue weighted by Gasteiger charge is -2.48. The normalized spacial score (nSPS) is 15.9. The third kappa shape index (κ3) is 3.98. The second kappa shape index (κ2) is 8.23. The van der Waals surface area contributed by atoms with Gasteiger partial charge in [0.2, 0.25) is 5.03 Å². The van der Waals surface area contributed by atoms with Crippen molar-refractivity contribution in [2.45, 2.75) is 17.4 Å². The second-order valence-corrected chi connectivity index (χ2v) is 10.0. The third-order valence-corrected chi connectivity index (χ3v) is 7.32. The molecule has 1 fully saturated rings. The number of nitrogens with one attached hydrogen (secondary N) is 1. The van der Waals surface area contributed by atoms with Crippen molar-refractivity contribution in [2.24, 2.45) is 7.05 Å².